The van der Waals surface area contributed by atoms with Crippen molar-refractivity contribution in [3.05, 3.63) is 0 Å². The Morgan fingerprint density at radius 1 is 0.276 bits per heavy atom. The summed E-state index contributed by atoms with van der Waals surface area (Å²) in [5.74, 6) is -0.842. The highest BCUT2D eigenvalue weighted by atomic mass is 16.6. The summed E-state index contributed by atoms with van der Waals surface area (Å²) >= 11 is 0. The van der Waals surface area contributed by atoms with Crippen molar-refractivity contribution < 1.29 is 28.6 Å². The first-order valence-electron chi connectivity index (χ1n) is 26.0. The summed E-state index contributed by atoms with van der Waals surface area (Å²) in [6.45, 7) is 6.67. The smallest absolute Gasteiger partial charge is 0.306 e. The number of hydrogen-bond acceptors (Lipinski definition) is 6. The second-order valence-corrected chi connectivity index (χ2v) is 17.8. The number of carbonyl (C=O) groups is 3. The first-order valence-corrected chi connectivity index (χ1v) is 26.0. The van der Waals surface area contributed by atoms with Gasteiger partial charge in [-0.2, -0.15) is 0 Å². The van der Waals surface area contributed by atoms with Crippen molar-refractivity contribution in [1.29, 1.82) is 0 Å². The molecule has 6 heteroatoms. The molecular weight excluding hydrogens is 721 g/mol. The molecule has 0 aliphatic heterocycles. The SMILES string of the molecule is CCCCCCCCCCCCCCCCCCC(=O)O[C@H](COC(=O)CCCCCCCCCCCC)COC(=O)CCCCCCCCCCCCCCCC. The quantitative estimate of drug-likeness (QED) is 0.0346. The van der Waals surface area contributed by atoms with E-state index in [9.17, 15) is 14.4 Å². The van der Waals surface area contributed by atoms with Crippen LogP contribution in [-0.4, -0.2) is 37.2 Å². The minimum Gasteiger partial charge on any atom is -0.462 e. The molecule has 0 N–H and O–H groups in total. The van der Waals surface area contributed by atoms with E-state index >= 15 is 0 Å². The zero-order valence-electron chi connectivity index (χ0n) is 39.3. The molecule has 0 saturated heterocycles. The number of hydrogen-bond donors (Lipinski definition) is 0. The van der Waals surface area contributed by atoms with Crippen LogP contribution in [0.2, 0.25) is 0 Å². The van der Waals surface area contributed by atoms with Gasteiger partial charge >= 0.3 is 17.9 Å². The van der Waals surface area contributed by atoms with Gasteiger partial charge < -0.3 is 14.2 Å². The van der Waals surface area contributed by atoms with E-state index in [1.54, 1.807) is 0 Å². The van der Waals surface area contributed by atoms with Crippen molar-refractivity contribution >= 4 is 17.9 Å². The summed E-state index contributed by atoms with van der Waals surface area (Å²) in [4.78, 5) is 37.9. The van der Waals surface area contributed by atoms with Gasteiger partial charge in [-0.05, 0) is 19.3 Å². The van der Waals surface area contributed by atoms with Crippen LogP contribution in [-0.2, 0) is 28.6 Å². The molecule has 0 heterocycles. The molecule has 0 aromatic carbocycles. The Hall–Kier alpha value is -1.59. The second kappa shape index (κ2) is 48.1. The highest BCUT2D eigenvalue weighted by Gasteiger charge is 2.19. The predicted octanol–water partition coefficient (Wildman–Crippen LogP) is 16.8. The molecule has 0 saturated carbocycles. The predicted molar refractivity (Wildman–Crippen MR) is 247 cm³/mol. The molecule has 0 bridgehead atoms. The summed E-state index contributed by atoms with van der Waals surface area (Å²) in [6, 6.07) is 0. The maximum Gasteiger partial charge on any atom is 0.306 e. The third kappa shape index (κ3) is 45.5. The monoisotopic (exact) mass is 821 g/mol. The minimum absolute atomic E-state index is 0.0618. The van der Waals surface area contributed by atoms with Gasteiger partial charge in [-0.1, -0.05) is 258 Å². The third-order valence-electron chi connectivity index (χ3n) is 11.9. The van der Waals surface area contributed by atoms with Gasteiger partial charge in [0.1, 0.15) is 13.2 Å². The van der Waals surface area contributed by atoms with E-state index in [1.807, 2.05) is 0 Å². The lowest BCUT2D eigenvalue weighted by Gasteiger charge is -2.18. The molecular formula is C52H100O6. The normalized spacial score (nSPS) is 11.8. The first-order chi connectivity index (χ1) is 28.5. The fraction of sp³-hybridized carbons (Fsp3) is 0.942. The Balaban J connectivity index is 4.28. The van der Waals surface area contributed by atoms with Crippen molar-refractivity contribution in [2.45, 2.75) is 303 Å². The standard InChI is InChI=1S/C52H100O6/c1-4-7-10-13-16-19-22-24-26-27-29-31-34-37-40-43-46-52(55)58-49(47-56-50(53)44-41-38-35-32-21-18-15-12-9-6-3)48-57-51(54)45-42-39-36-33-30-28-25-23-20-17-14-11-8-5-2/h49H,4-48H2,1-3H3/t49-/m1/s1. The van der Waals surface area contributed by atoms with Gasteiger partial charge in [-0.15, -0.1) is 0 Å². The van der Waals surface area contributed by atoms with Crippen LogP contribution < -0.4 is 0 Å². The Morgan fingerprint density at radius 3 is 0.690 bits per heavy atom. The van der Waals surface area contributed by atoms with Crippen LogP contribution in [0.3, 0.4) is 0 Å². The zero-order chi connectivity index (χ0) is 42.3. The summed E-state index contributed by atoms with van der Waals surface area (Å²) in [6.07, 6.45) is 50.8. The van der Waals surface area contributed by atoms with Gasteiger partial charge in [0.15, 0.2) is 6.10 Å². The Morgan fingerprint density at radius 2 is 0.466 bits per heavy atom. The number of carbonyl (C=O) groups excluding carboxylic acids is 3. The van der Waals surface area contributed by atoms with Crippen LogP contribution in [0.1, 0.15) is 297 Å². The minimum atomic E-state index is -0.759. The van der Waals surface area contributed by atoms with E-state index in [0.717, 1.165) is 57.8 Å². The van der Waals surface area contributed by atoms with Gasteiger partial charge in [0.2, 0.25) is 0 Å². The molecule has 0 rings (SSSR count). The Labute approximate surface area is 361 Å². The number of ether oxygens (including phenoxy) is 3. The summed E-state index contributed by atoms with van der Waals surface area (Å²) in [5, 5.41) is 0. The molecule has 344 valence electrons. The van der Waals surface area contributed by atoms with Crippen molar-refractivity contribution in [1.82, 2.24) is 0 Å². The molecule has 0 radical (unpaired) electrons. The topological polar surface area (TPSA) is 78.9 Å². The summed E-state index contributed by atoms with van der Waals surface area (Å²) in [5.41, 5.74) is 0. The largest absolute Gasteiger partial charge is 0.462 e. The molecule has 0 fully saturated rings. The van der Waals surface area contributed by atoms with E-state index in [0.29, 0.717) is 19.3 Å². The van der Waals surface area contributed by atoms with Crippen molar-refractivity contribution in [3.8, 4) is 0 Å². The van der Waals surface area contributed by atoms with Gasteiger partial charge in [0, 0.05) is 19.3 Å². The molecule has 0 aliphatic rings. The lowest BCUT2D eigenvalue weighted by molar-refractivity contribution is -0.167. The van der Waals surface area contributed by atoms with E-state index in [-0.39, 0.29) is 31.1 Å². The highest BCUT2D eigenvalue weighted by molar-refractivity contribution is 5.71. The number of esters is 3. The van der Waals surface area contributed by atoms with Crippen LogP contribution in [0.25, 0.3) is 0 Å². The molecule has 0 aliphatic carbocycles. The Bertz CT molecular complexity index is 859. The van der Waals surface area contributed by atoms with Crippen LogP contribution in [0.4, 0.5) is 0 Å². The molecule has 0 aromatic rings. The van der Waals surface area contributed by atoms with E-state index in [1.165, 1.54) is 199 Å². The van der Waals surface area contributed by atoms with Crippen LogP contribution in [0.15, 0.2) is 0 Å². The van der Waals surface area contributed by atoms with Gasteiger partial charge in [0.05, 0.1) is 0 Å². The van der Waals surface area contributed by atoms with E-state index in [4.69, 9.17) is 14.2 Å². The van der Waals surface area contributed by atoms with Crippen LogP contribution >= 0.6 is 0 Å². The maximum atomic E-state index is 12.8. The molecule has 0 spiro atoms. The lowest BCUT2D eigenvalue weighted by Crippen LogP contribution is -2.30. The van der Waals surface area contributed by atoms with Gasteiger partial charge in [0.25, 0.3) is 0 Å². The average molecular weight is 821 g/mol. The first kappa shape index (κ1) is 56.4. The van der Waals surface area contributed by atoms with Gasteiger partial charge in [-0.25, -0.2) is 0 Å². The lowest BCUT2D eigenvalue weighted by atomic mass is 10.0. The Kier molecular flexibility index (Phi) is 46.8. The fourth-order valence-electron chi connectivity index (χ4n) is 7.92. The highest BCUT2D eigenvalue weighted by Crippen LogP contribution is 2.17. The van der Waals surface area contributed by atoms with E-state index in [2.05, 4.69) is 20.8 Å². The fourth-order valence-corrected chi connectivity index (χ4v) is 7.92. The number of rotatable bonds is 48. The third-order valence-corrected chi connectivity index (χ3v) is 11.9. The zero-order valence-corrected chi connectivity index (χ0v) is 39.3. The molecule has 58 heavy (non-hydrogen) atoms. The molecule has 0 aromatic heterocycles. The average Bonchev–Trinajstić information content (AvgIpc) is 3.22. The van der Waals surface area contributed by atoms with Crippen LogP contribution in [0, 0.1) is 0 Å². The summed E-state index contributed by atoms with van der Waals surface area (Å²) < 4.78 is 16.8. The van der Waals surface area contributed by atoms with E-state index < -0.39 is 6.10 Å². The maximum absolute atomic E-state index is 12.8. The molecule has 6 nitrogen and oxygen atoms in total. The molecule has 0 unspecified atom stereocenters. The second-order valence-electron chi connectivity index (χ2n) is 17.8. The van der Waals surface area contributed by atoms with Crippen molar-refractivity contribution in [2.24, 2.45) is 0 Å². The number of unbranched alkanes of at least 4 members (excludes halogenated alkanes) is 37. The van der Waals surface area contributed by atoms with Crippen LogP contribution in [0.5, 0.6) is 0 Å². The molecule has 1 atom stereocenters. The molecule has 0 amide bonds. The van der Waals surface area contributed by atoms with Crippen molar-refractivity contribution in [2.75, 3.05) is 13.2 Å². The summed E-state index contributed by atoms with van der Waals surface area (Å²) in [7, 11) is 0. The van der Waals surface area contributed by atoms with Gasteiger partial charge in [-0.3, -0.25) is 14.4 Å². The van der Waals surface area contributed by atoms with Crippen molar-refractivity contribution in [3.63, 3.8) is 0 Å².